The van der Waals surface area contributed by atoms with Crippen molar-refractivity contribution in [3.63, 3.8) is 0 Å². The molecule has 6 heteroatoms. The minimum Gasteiger partial charge on any atom is -0.493 e. The van der Waals surface area contributed by atoms with Crippen molar-refractivity contribution in [3.05, 3.63) is 11.9 Å². The third-order valence-corrected chi connectivity index (χ3v) is 3.87. The van der Waals surface area contributed by atoms with Crippen LogP contribution in [0.5, 0.6) is 5.75 Å². The minimum absolute atomic E-state index is 0.591. The molecule has 0 aliphatic carbocycles. The summed E-state index contributed by atoms with van der Waals surface area (Å²) in [6.45, 7) is 3.83. The van der Waals surface area contributed by atoms with Gasteiger partial charge in [0.2, 0.25) is 0 Å². The zero-order chi connectivity index (χ0) is 13.9. The number of aliphatic hydroxyl groups is 1. The molecule has 0 saturated carbocycles. The Balaban J connectivity index is 2.35. The van der Waals surface area contributed by atoms with E-state index in [0.717, 1.165) is 0 Å². The Morgan fingerprint density at radius 1 is 1.47 bits per heavy atom. The topological polar surface area (TPSA) is 65.7 Å². The lowest BCUT2D eigenvalue weighted by atomic mass is 9.86. The zero-order valence-electron chi connectivity index (χ0n) is 11.8. The molecule has 6 nitrogen and oxygen atoms in total. The van der Waals surface area contributed by atoms with E-state index in [0.29, 0.717) is 44.0 Å². The van der Waals surface area contributed by atoms with Crippen molar-refractivity contribution in [2.24, 2.45) is 0 Å². The molecule has 1 atom stereocenters. The highest BCUT2D eigenvalue weighted by Gasteiger charge is 2.43. The molecule has 1 aromatic heterocycles. The summed E-state index contributed by atoms with van der Waals surface area (Å²) >= 11 is 0. The van der Waals surface area contributed by atoms with Crippen molar-refractivity contribution in [3.8, 4) is 5.75 Å². The number of rotatable bonds is 5. The fraction of sp³-hybridized carbons (Fsp3) is 0.769. The van der Waals surface area contributed by atoms with E-state index in [1.807, 2.05) is 6.92 Å². The number of hydrogen-bond acceptors (Lipinski definition) is 5. The van der Waals surface area contributed by atoms with E-state index in [-0.39, 0.29) is 0 Å². The maximum atomic E-state index is 10.8. The fourth-order valence-electron chi connectivity index (χ4n) is 2.62. The average Bonchev–Trinajstić information content (AvgIpc) is 2.89. The molecule has 1 fully saturated rings. The Kier molecular flexibility index (Phi) is 4.44. The lowest BCUT2D eigenvalue weighted by molar-refractivity contribution is -0.156. The summed E-state index contributed by atoms with van der Waals surface area (Å²) in [4.78, 5) is 0. The van der Waals surface area contributed by atoms with Crippen LogP contribution in [-0.2, 0) is 16.0 Å². The Bertz CT molecular complexity index is 391. The highest BCUT2D eigenvalue weighted by atomic mass is 16.5. The summed E-state index contributed by atoms with van der Waals surface area (Å²) in [5.74, 6) is 0.595. The van der Waals surface area contributed by atoms with Gasteiger partial charge >= 0.3 is 0 Å². The Morgan fingerprint density at radius 3 is 2.68 bits per heavy atom. The molecule has 0 radical (unpaired) electrons. The summed E-state index contributed by atoms with van der Waals surface area (Å²) in [6, 6.07) is 0. The molecule has 1 unspecified atom stereocenters. The highest BCUT2D eigenvalue weighted by molar-refractivity contribution is 5.29. The smallest absolute Gasteiger partial charge is 0.162 e. The van der Waals surface area contributed by atoms with Gasteiger partial charge in [-0.3, -0.25) is 4.68 Å². The second-order valence-electron chi connectivity index (χ2n) is 4.70. The van der Waals surface area contributed by atoms with Gasteiger partial charge in [-0.05, 0) is 6.92 Å². The predicted octanol–water partition coefficient (Wildman–Crippen LogP) is 1.14. The van der Waals surface area contributed by atoms with Crippen LogP contribution in [0.2, 0.25) is 0 Å². The van der Waals surface area contributed by atoms with Crippen LogP contribution in [-0.4, -0.2) is 47.9 Å². The Hall–Kier alpha value is -1.11. The molecular weight excluding hydrogens is 248 g/mol. The lowest BCUT2D eigenvalue weighted by Crippen LogP contribution is -2.44. The molecule has 108 valence electrons. The van der Waals surface area contributed by atoms with Gasteiger partial charge in [-0.15, -0.1) is 0 Å². The standard InChI is InChI=1S/C13H22N2O4/c1-4-15-11(10(17-2)9-14-15)12(16)13(18-3)5-7-19-8-6-13/h9,12,16H,4-8H2,1-3H3. The molecule has 0 spiro atoms. The molecule has 1 saturated heterocycles. The van der Waals surface area contributed by atoms with Crippen LogP contribution < -0.4 is 4.74 Å². The van der Waals surface area contributed by atoms with E-state index >= 15 is 0 Å². The second kappa shape index (κ2) is 5.90. The second-order valence-corrected chi connectivity index (χ2v) is 4.70. The fourth-order valence-corrected chi connectivity index (χ4v) is 2.62. The normalized spacial score (nSPS) is 20.2. The lowest BCUT2D eigenvalue weighted by Gasteiger charge is -2.39. The molecule has 2 heterocycles. The van der Waals surface area contributed by atoms with Gasteiger partial charge in [-0.2, -0.15) is 5.10 Å². The summed E-state index contributed by atoms with van der Waals surface area (Å²) in [6.07, 6.45) is 2.16. The van der Waals surface area contributed by atoms with Gasteiger partial charge < -0.3 is 19.3 Å². The maximum Gasteiger partial charge on any atom is 0.162 e. The van der Waals surface area contributed by atoms with E-state index < -0.39 is 11.7 Å². The Labute approximate surface area is 113 Å². The first-order chi connectivity index (χ1) is 9.18. The molecule has 1 aliphatic heterocycles. The molecular formula is C13H22N2O4. The number of nitrogens with zero attached hydrogens (tertiary/aromatic N) is 2. The SMILES string of the molecule is CCn1ncc(OC)c1C(O)C1(OC)CCOCC1. The van der Waals surface area contributed by atoms with Crippen molar-refractivity contribution in [2.75, 3.05) is 27.4 Å². The maximum absolute atomic E-state index is 10.8. The van der Waals surface area contributed by atoms with E-state index in [9.17, 15) is 5.11 Å². The van der Waals surface area contributed by atoms with Gasteiger partial charge in [0.1, 0.15) is 17.4 Å². The van der Waals surface area contributed by atoms with E-state index in [1.54, 1.807) is 25.1 Å². The van der Waals surface area contributed by atoms with Crippen LogP contribution in [0.3, 0.4) is 0 Å². The average molecular weight is 270 g/mol. The third kappa shape index (κ3) is 2.48. The van der Waals surface area contributed by atoms with Crippen LogP contribution >= 0.6 is 0 Å². The first-order valence-electron chi connectivity index (χ1n) is 6.59. The van der Waals surface area contributed by atoms with E-state index in [2.05, 4.69) is 5.10 Å². The van der Waals surface area contributed by atoms with Gasteiger partial charge in [0, 0.05) is 39.7 Å². The van der Waals surface area contributed by atoms with Gasteiger partial charge in [0.25, 0.3) is 0 Å². The van der Waals surface area contributed by atoms with Gasteiger partial charge in [0.05, 0.1) is 13.3 Å². The molecule has 1 aliphatic rings. The number of methoxy groups -OCH3 is 2. The Morgan fingerprint density at radius 2 is 2.16 bits per heavy atom. The zero-order valence-corrected chi connectivity index (χ0v) is 11.8. The van der Waals surface area contributed by atoms with E-state index in [4.69, 9.17) is 14.2 Å². The molecule has 0 aromatic carbocycles. The predicted molar refractivity (Wildman–Crippen MR) is 69.2 cm³/mol. The molecule has 0 amide bonds. The van der Waals surface area contributed by atoms with Gasteiger partial charge in [-0.25, -0.2) is 0 Å². The summed E-state index contributed by atoms with van der Waals surface area (Å²) < 4.78 is 18.0. The summed E-state index contributed by atoms with van der Waals surface area (Å²) in [5.41, 5.74) is 0.0483. The number of hydrogen-bond donors (Lipinski definition) is 1. The molecule has 0 bridgehead atoms. The van der Waals surface area contributed by atoms with Crippen molar-refractivity contribution in [1.82, 2.24) is 9.78 Å². The third-order valence-electron chi connectivity index (χ3n) is 3.87. The van der Waals surface area contributed by atoms with Gasteiger partial charge in [-0.1, -0.05) is 0 Å². The molecule has 19 heavy (non-hydrogen) atoms. The molecule has 1 N–H and O–H groups in total. The number of aliphatic hydroxyl groups excluding tert-OH is 1. The number of aryl methyl sites for hydroxylation is 1. The quantitative estimate of drug-likeness (QED) is 0.869. The van der Waals surface area contributed by atoms with Crippen LogP contribution in [0.25, 0.3) is 0 Å². The van der Waals surface area contributed by atoms with Crippen molar-refractivity contribution in [2.45, 2.75) is 38.0 Å². The molecule has 1 aromatic rings. The van der Waals surface area contributed by atoms with Gasteiger partial charge in [0.15, 0.2) is 5.75 Å². The largest absolute Gasteiger partial charge is 0.493 e. The monoisotopic (exact) mass is 270 g/mol. The number of ether oxygens (including phenoxy) is 3. The van der Waals surface area contributed by atoms with Crippen molar-refractivity contribution >= 4 is 0 Å². The summed E-state index contributed by atoms with van der Waals surface area (Å²) in [7, 11) is 3.21. The van der Waals surface area contributed by atoms with Crippen LogP contribution in [0.15, 0.2) is 6.20 Å². The first-order valence-corrected chi connectivity index (χ1v) is 6.59. The van der Waals surface area contributed by atoms with E-state index in [1.165, 1.54) is 0 Å². The first kappa shape index (κ1) is 14.3. The minimum atomic E-state index is -0.779. The van der Waals surface area contributed by atoms with Crippen molar-refractivity contribution in [1.29, 1.82) is 0 Å². The molecule has 2 rings (SSSR count). The van der Waals surface area contributed by atoms with Crippen LogP contribution in [0.1, 0.15) is 31.6 Å². The summed E-state index contributed by atoms with van der Waals surface area (Å²) in [5, 5.41) is 15.0. The van der Waals surface area contributed by atoms with Crippen LogP contribution in [0.4, 0.5) is 0 Å². The van der Waals surface area contributed by atoms with Crippen molar-refractivity contribution < 1.29 is 19.3 Å². The van der Waals surface area contributed by atoms with Crippen LogP contribution in [0, 0.1) is 0 Å². The highest BCUT2D eigenvalue weighted by Crippen LogP contribution is 2.40. The number of aromatic nitrogens is 2.